The van der Waals surface area contributed by atoms with Crippen molar-refractivity contribution in [3.63, 3.8) is 0 Å². The van der Waals surface area contributed by atoms with E-state index in [1.54, 1.807) is 19.2 Å². The van der Waals surface area contributed by atoms with Gasteiger partial charge in [0.15, 0.2) is 5.78 Å². The maximum absolute atomic E-state index is 11.8. The Labute approximate surface area is 96.4 Å². The van der Waals surface area contributed by atoms with E-state index in [2.05, 4.69) is 0 Å². The van der Waals surface area contributed by atoms with Gasteiger partial charge < -0.3 is 9.47 Å². The number of ketones is 1. The molecule has 0 fully saturated rings. The van der Waals surface area contributed by atoms with Crippen molar-refractivity contribution in [1.29, 1.82) is 0 Å². The fraction of sp³-hybridized carbons (Fsp3) is 0.462. The number of benzene rings is 1. The largest absolute Gasteiger partial charge is 0.496 e. The van der Waals surface area contributed by atoms with Crippen LogP contribution in [0.4, 0.5) is 0 Å². The normalized spacial score (nSPS) is 12.2. The summed E-state index contributed by atoms with van der Waals surface area (Å²) in [5.74, 6) is 0.554. The number of ether oxygens (including phenoxy) is 2. The van der Waals surface area contributed by atoms with Crippen LogP contribution in [0, 0.1) is 0 Å². The number of hydrogen-bond donors (Lipinski definition) is 0. The summed E-state index contributed by atoms with van der Waals surface area (Å²) in [6.45, 7) is 4.09. The third kappa shape index (κ3) is 3.35. The predicted octanol–water partition coefficient (Wildman–Crippen LogP) is 2.69. The molecule has 1 atom stereocenters. The maximum atomic E-state index is 11.8. The second-order valence-electron chi connectivity index (χ2n) is 3.65. The molecule has 88 valence electrons. The van der Waals surface area contributed by atoms with Gasteiger partial charge in [-0.2, -0.15) is 0 Å². The molecule has 0 amide bonds. The Bertz CT molecular complexity index is 347. The van der Waals surface area contributed by atoms with Crippen LogP contribution >= 0.6 is 0 Å². The minimum atomic E-state index is -0.0437. The molecule has 1 aromatic rings. The first-order valence-corrected chi connectivity index (χ1v) is 5.46. The van der Waals surface area contributed by atoms with Gasteiger partial charge in [-0.3, -0.25) is 4.79 Å². The van der Waals surface area contributed by atoms with Gasteiger partial charge in [0, 0.05) is 0 Å². The van der Waals surface area contributed by atoms with Crippen LogP contribution in [0.1, 0.15) is 30.6 Å². The average molecular weight is 222 g/mol. The third-order valence-corrected chi connectivity index (χ3v) is 2.48. The summed E-state index contributed by atoms with van der Waals surface area (Å²) in [4.78, 5) is 11.8. The molecule has 1 rings (SSSR count). The highest BCUT2D eigenvalue weighted by molar-refractivity contribution is 5.99. The molecule has 1 aromatic carbocycles. The number of para-hydroxylation sites is 1. The van der Waals surface area contributed by atoms with E-state index in [1.165, 1.54) is 0 Å². The van der Waals surface area contributed by atoms with Crippen LogP contribution in [0.15, 0.2) is 24.3 Å². The minimum absolute atomic E-state index is 0.0437. The van der Waals surface area contributed by atoms with Gasteiger partial charge >= 0.3 is 0 Å². The molecule has 3 nitrogen and oxygen atoms in total. The molecule has 0 spiro atoms. The lowest BCUT2D eigenvalue weighted by Gasteiger charge is -2.11. The Morgan fingerprint density at radius 3 is 2.69 bits per heavy atom. The highest BCUT2D eigenvalue weighted by Gasteiger charge is 2.12. The lowest BCUT2D eigenvalue weighted by atomic mass is 10.1. The van der Waals surface area contributed by atoms with Crippen LogP contribution in [0.25, 0.3) is 0 Å². The Morgan fingerprint density at radius 1 is 1.38 bits per heavy atom. The highest BCUT2D eigenvalue weighted by Crippen LogP contribution is 2.18. The second-order valence-corrected chi connectivity index (χ2v) is 3.65. The number of carbonyl (C=O) groups excluding carboxylic acids is 1. The Morgan fingerprint density at radius 2 is 2.06 bits per heavy atom. The van der Waals surface area contributed by atoms with E-state index >= 15 is 0 Å². The molecular weight excluding hydrogens is 204 g/mol. The molecule has 16 heavy (non-hydrogen) atoms. The molecule has 0 aliphatic heterocycles. The highest BCUT2D eigenvalue weighted by atomic mass is 16.5. The number of carbonyl (C=O) groups is 1. The smallest absolute Gasteiger partial charge is 0.192 e. The number of methoxy groups -OCH3 is 1. The fourth-order valence-corrected chi connectivity index (χ4v) is 1.29. The first-order chi connectivity index (χ1) is 7.69. The predicted molar refractivity (Wildman–Crippen MR) is 63.0 cm³/mol. The maximum Gasteiger partial charge on any atom is 0.192 e. The molecule has 0 saturated carbocycles. The lowest BCUT2D eigenvalue weighted by Crippen LogP contribution is -2.15. The van der Waals surface area contributed by atoms with Crippen molar-refractivity contribution in [1.82, 2.24) is 0 Å². The zero-order chi connectivity index (χ0) is 12.0. The Kier molecular flexibility index (Phi) is 4.99. The van der Waals surface area contributed by atoms with E-state index in [0.717, 1.165) is 6.42 Å². The van der Waals surface area contributed by atoms with Crippen LogP contribution in [0.3, 0.4) is 0 Å². The summed E-state index contributed by atoms with van der Waals surface area (Å²) in [7, 11) is 1.56. The van der Waals surface area contributed by atoms with Crippen molar-refractivity contribution in [2.24, 2.45) is 0 Å². The van der Waals surface area contributed by atoms with E-state index in [1.807, 2.05) is 26.0 Å². The second kappa shape index (κ2) is 6.28. The van der Waals surface area contributed by atoms with Crippen molar-refractivity contribution >= 4 is 5.78 Å². The molecule has 1 unspecified atom stereocenters. The van der Waals surface area contributed by atoms with Gasteiger partial charge in [0.05, 0.1) is 18.8 Å². The summed E-state index contributed by atoms with van der Waals surface area (Å²) >= 11 is 0. The number of Topliss-reactive ketones (excluding diaryl/α,β-unsaturated/α-hetero) is 1. The van der Waals surface area contributed by atoms with Gasteiger partial charge in [-0.25, -0.2) is 0 Å². The first kappa shape index (κ1) is 12.7. The summed E-state index contributed by atoms with van der Waals surface area (Å²) < 4.78 is 10.5. The van der Waals surface area contributed by atoms with Crippen molar-refractivity contribution in [2.75, 3.05) is 13.7 Å². The van der Waals surface area contributed by atoms with Crippen LogP contribution in [0.5, 0.6) is 5.75 Å². The van der Waals surface area contributed by atoms with Gasteiger partial charge in [-0.1, -0.05) is 19.1 Å². The van der Waals surface area contributed by atoms with Gasteiger partial charge in [0.2, 0.25) is 0 Å². The van der Waals surface area contributed by atoms with Gasteiger partial charge in [0.1, 0.15) is 12.4 Å². The zero-order valence-electron chi connectivity index (χ0n) is 10.0. The minimum Gasteiger partial charge on any atom is -0.496 e. The monoisotopic (exact) mass is 222 g/mol. The molecule has 0 aliphatic rings. The molecule has 0 aromatic heterocycles. The van der Waals surface area contributed by atoms with Crippen LogP contribution in [-0.4, -0.2) is 25.6 Å². The van der Waals surface area contributed by atoms with E-state index in [4.69, 9.17) is 9.47 Å². The van der Waals surface area contributed by atoms with Gasteiger partial charge in [-0.15, -0.1) is 0 Å². The molecule has 0 saturated heterocycles. The molecule has 3 heteroatoms. The zero-order valence-corrected chi connectivity index (χ0v) is 10.0. The van der Waals surface area contributed by atoms with Crippen LogP contribution < -0.4 is 4.74 Å². The molecule has 0 bridgehead atoms. The topological polar surface area (TPSA) is 35.5 Å². The quantitative estimate of drug-likeness (QED) is 0.694. The van der Waals surface area contributed by atoms with Crippen LogP contribution in [0.2, 0.25) is 0 Å². The van der Waals surface area contributed by atoms with Gasteiger partial charge in [-0.05, 0) is 25.5 Å². The van der Waals surface area contributed by atoms with Gasteiger partial charge in [0.25, 0.3) is 0 Å². The van der Waals surface area contributed by atoms with E-state index < -0.39 is 0 Å². The standard InChI is InChI=1S/C13H18O3/c1-4-10(2)16-9-12(14)11-7-5-6-8-13(11)15-3/h5-8,10H,4,9H2,1-3H3. The third-order valence-electron chi connectivity index (χ3n) is 2.48. The van der Waals surface area contributed by atoms with Crippen molar-refractivity contribution in [3.8, 4) is 5.75 Å². The molecule has 0 N–H and O–H groups in total. The SMILES string of the molecule is CCC(C)OCC(=O)c1ccccc1OC. The summed E-state index contributed by atoms with van der Waals surface area (Å²) in [6.07, 6.45) is 1.01. The fourth-order valence-electron chi connectivity index (χ4n) is 1.29. The molecular formula is C13H18O3. The van der Waals surface area contributed by atoms with E-state index in [0.29, 0.717) is 11.3 Å². The molecule has 0 radical (unpaired) electrons. The van der Waals surface area contributed by atoms with Crippen molar-refractivity contribution in [2.45, 2.75) is 26.4 Å². The summed E-state index contributed by atoms with van der Waals surface area (Å²) in [5.41, 5.74) is 0.577. The van der Waals surface area contributed by atoms with Crippen molar-refractivity contribution in [3.05, 3.63) is 29.8 Å². The first-order valence-electron chi connectivity index (χ1n) is 5.46. The van der Waals surface area contributed by atoms with Crippen LogP contribution in [-0.2, 0) is 4.74 Å². The summed E-state index contributed by atoms with van der Waals surface area (Å²) in [5, 5.41) is 0. The molecule has 0 heterocycles. The van der Waals surface area contributed by atoms with Crippen molar-refractivity contribution < 1.29 is 14.3 Å². The number of hydrogen-bond acceptors (Lipinski definition) is 3. The Hall–Kier alpha value is -1.35. The number of rotatable bonds is 6. The Balaban J connectivity index is 2.65. The van der Waals surface area contributed by atoms with E-state index in [9.17, 15) is 4.79 Å². The average Bonchev–Trinajstić information content (AvgIpc) is 2.35. The lowest BCUT2D eigenvalue weighted by molar-refractivity contribution is 0.0509. The summed E-state index contributed by atoms with van der Waals surface area (Å²) in [6, 6.07) is 7.18. The molecule has 0 aliphatic carbocycles. The van der Waals surface area contributed by atoms with E-state index in [-0.39, 0.29) is 18.5 Å².